The minimum absolute atomic E-state index is 0.0244. The number of anilines is 1. The van der Waals surface area contributed by atoms with Crippen LogP contribution in [0.3, 0.4) is 0 Å². The van der Waals surface area contributed by atoms with Crippen LogP contribution < -0.4 is 10.2 Å². The van der Waals surface area contributed by atoms with Gasteiger partial charge in [-0.1, -0.05) is 49.6 Å². The van der Waals surface area contributed by atoms with Crippen LogP contribution in [-0.4, -0.2) is 39.4 Å². The normalized spacial score (nSPS) is 17.8. The lowest BCUT2D eigenvalue weighted by Crippen LogP contribution is -2.51. The smallest absolute Gasteiger partial charge is 0.408 e. The Balaban J connectivity index is 1.99. The highest BCUT2D eigenvalue weighted by Crippen LogP contribution is 2.32. The van der Waals surface area contributed by atoms with Crippen LogP contribution in [0.5, 0.6) is 0 Å². The first-order valence-electron chi connectivity index (χ1n) is 12.1. The van der Waals surface area contributed by atoms with Crippen molar-refractivity contribution < 1.29 is 23.3 Å². The van der Waals surface area contributed by atoms with Crippen molar-refractivity contribution in [3.05, 3.63) is 58.6 Å². The van der Waals surface area contributed by atoms with Gasteiger partial charge in [0.15, 0.2) is 5.78 Å². The number of amides is 2. The van der Waals surface area contributed by atoms with Gasteiger partial charge in [0.25, 0.3) is 5.91 Å². The summed E-state index contributed by atoms with van der Waals surface area (Å²) >= 11 is 6.03. The molecule has 0 saturated carbocycles. The van der Waals surface area contributed by atoms with Gasteiger partial charge in [0, 0.05) is 17.0 Å². The highest BCUT2D eigenvalue weighted by atomic mass is 35.5. The van der Waals surface area contributed by atoms with Crippen molar-refractivity contribution in [3.63, 3.8) is 0 Å². The molecule has 1 N–H and O–H groups in total. The Morgan fingerprint density at radius 2 is 1.83 bits per heavy atom. The van der Waals surface area contributed by atoms with Crippen molar-refractivity contribution in [2.75, 3.05) is 10.7 Å². The van der Waals surface area contributed by atoms with Crippen LogP contribution in [0.2, 0.25) is 5.02 Å². The molecule has 0 radical (unpaired) electrons. The molecule has 1 aliphatic rings. The first kappa shape index (κ1) is 27.9. The largest absolute Gasteiger partial charge is 0.444 e. The molecule has 9 heteroatoms. The number of rotatable bonds is 8. The highest BCUT2D eigenvalue weighted by molar-refractivity contribution is 7.85. The summed E-state index contributed by atoms with van der Waals surface area (Å²) in [5, 5.41) is 3.16. The van der Waals surface area contributed by atoms with Gasteiger partial charge in [0.05, 0.1) is 33.7 Å². The number of carbonyl (C=O) groups is 3. The summed E-state index contributed by atoms with van der Waals surface area (Å²) in [6.45, 7) is 7.40. The monoisotopic (exact) mass is 532 g/mol. The number of benzene rings is 2. The van der Waals surface area contributed by atoms with Crippen LogP contribution in [0.15, 0.2) is 47.4 Å². The topological polar surface area (TPSA) is 92.8 Å². The van der Waals surface area contributed by atoms with E-state index in [4.69, 9.17) is 16.3 Å². The molecule has 2 aromatic rings. The molecule has 0 spiro atoms. The van der Waals surface area contributed by atoms with Crippen molar-refractivity contribution >= 4 is 45.9 Å². The van der Waals surface area contributed by atoms with Crippen molar-refractivity contribution in [3.8, 4) is 0 Å². The number of carbonyl (C=O) groups excluding carboxylic acids is 3. The second-order valence-corrected chi connectivity index (χ2v) is 11.7. The average molecular weight is 533 g/mol. The van der Waals surface area contributed by atoms with Gasteiger partial charge in [-0.05, 0) is 57.0 Å². The molecular formula is C27H33ClN2O5S. The fourth-order valence-corrected chi connectivity index (χ4v) is 5.34. The summed E-state index contributed by atoms with van der Waals surface area (Å²) in [6, 6.07) is 10.9. The van der Waals surface area contributed by atoms with E-state index in [1.165, 1.54) is 4.90 Å². The van der Waals surface area contributed by atoms with Gasteiger partial charge in [0.1, 0.15) is 11.6 Å². The zero-order valence-corrected chi connectivity index (χ0v) is 22.7. The van der Waals surface area contributed by atoms with Crippen LogP contribution in [0.25, 0.3) is 0 Å². The number of alkyl carbamates (subject to hydrolysis) is 1. The number of unbranched alkanes of at least 4 members (excludes halogenated alkanes) is 2. The van der Waals surface area contributed by atoms with Crippen LogP contribution >= 0.6 is 11.6 Å². The zero-order valence-electron chi connectivity index (χ0n) is 21.1. The first-order chi connectivity index (χ1) is 17.0. The minimum atomic E-state index is -1.60. The Morgan fingerprint density at radius 1 is 1.14 bits per heavy atom. The molecule has 0 aliphatic carbocycles. The van der Waals surface area contributed by atoms with E-state index in [9.17, 15) is 18.6 Å². The minimum Gasteiger partial charge on any atom is -0.444 e. The zero-order chi connectivity index (χ0) is 26.5. The number of fused-ring (bicyclic) bond motifs is 1. The Morgan fingerprint density at radius 3 is 2.47 bits per heavy atom. The van der Waals surface area contributed by atoms with Gasteiger partial charge < -0.3 is 15.0 Å². The Kier molecular flexibility index (Phi) is 9.30. The van der Waals surface area contributed by atoms with E-state index in [-0.39, 0.29) is 18.1 Å². The van der Waals surface area contributed by atoms with Gasteiger partial charge in [-0.25, -0.2) is 4.79 Å². The van der Waals surface area contributed by atoms with Gasteiger partial charge in [0.2, 0.25) is 0 Å². The van der Waals surface area contributed by atoms with E-state index >= 15 is 0 Å². The Hall–Kier alpha value is -2.71. The van der Waals surface area contributed by atoms with E-state index in [2.05, 4.69) is 12.2 Å². The summed E-state index contributed by atoms with van der Waals surface area (Å²) in [5.41, 5.74) is 0.912. The molecular weight excluding hydrogens is 500 g/mol. The van der Waals surface area contributed by atoms with Crippen LogP contribution in [0, 0.1) is 0 Å². The van der Waals surface area contributed by atoms with Gasteiger partial charge in [-0.3, -0.25) is 13.8 Å². The van der Waals surface area contributed by atoms with Crippen molar-refractivity contribution in [1.29, 1.82) is 0 Å². The third kappa shape index (κ3) is 7.40. The standard InChI is InChI=1S/C27H33ClN2O5S/c1-5-6-7-8-23(31)19-11-14-24-22(15-19)30(16-18-9-12-20(28)13-10-18)25(32)21(17-36(24)34)29-26(33)35-27(2,3)4/h9-15,21H,5-8,16-17H2,1-4H3,(H,29,33)/t21-,36?/m0/s1. The van der Waals surface area contributed by atoms with E-state index in [0.29, 0.717) is 27.6 Å². The molecule has 3 rings (SSSR count). The summed E-state index contributed by atoms with van der Waals surface area (Å²) in [4.78, 5) is 41.0. The summed E-state index contributed by atoms with van der Waals surface area (Å²) in [5.74, 6) is -0.562. The van der Waals surface area contributed by atoms with E-state index in [0.717, 1.165) is 24.8 Å². The summed E-state index contributed by atoms with van der Waals surface area (Å²) in [6.07, 6.45) is 2.39. The number of hydrogen-bond acceptors (Lipinski definition) is 5. The average Bonchev–Trinajstić information content (AvgIpc) is 2.89. The van der Waals surface area contributed by atoms with Crippen LogP contribution in [0.1, 0.15) is 69.3 Å². The molecule has 0 bridgehead atoms. The van der Waals surface area contributed by atoms with Crippen molar-refractivity contribution in [2.45, 2.75) is 76.5 Å². The Bertz CT molecular complexity index is 1140. The molecule has 0 saturated heterocycles. The van der Waals surface area contributed by atoms with E-state index in [1.807, 2.05) is 0 Å². The third-order valence-electron chi connectivity index (χ3n) is 5.65. The van der Waals surface area contributed by atoms with Crippen molar-refractivity contribution in [1.82, 2.24) is 5.32 Å². The SMILES string of the molecule is CCCCCC(=O)c1ccc2c(c1)N(Cc1ccc(Cl)cc1)C(=O)[C@@H](NC(=O)OC(C)(C)C)CS2=O. The predicted molar refractivity (Wildman–Crippen MR) is 142 cm³/mol. The maximum absolute atomic E-state index is 13.7. The highest BCUT2D eigenvalue weighted by Gasteiger charge is 2.36. The molecule has 1 heterocycles. The first-order valence-corrected chi connectivity index (χ1v) is 13.8. The molecule has 1 unspecified atom stereocenters. The molecule has 7 nitrogen and oxygen atoms in total. The fourth-order valence-electron chi connectivity index (χ4n) is 3.88. The number of nitrogens with one attached hydrogen (secondary N) is 1. The molecule has 36 heavy (non-hydrogen) atoms. The molecule has 1 aliphatic heterocycles. The number of Topliss-reactive ketones (excluding diaryl/α,β-unsaturated/α-hetero) is 1. The lowest BCUT2D eigenvalue weighted by molar-refractivity contribution is -0.120. The van der Waals surface area contributed by atoms with Gasteiger partial charge >= 0.3 is 6.09 Å². The summed E-state index contributed by atoms with van der Waals surface area (Å²) in [7, 11) is -1.60. The van der Waals surface area contributed by atoms with Gasteiger partial charge in [-0.2, -0.15) is 0 Å². The lowest BCUT2D eigenvalue weighted by Gasteiger charge is -2.27. The van der Waals surface area contributed by atoms with E-state index < -0.39 is 34.4 Å². The number of ketones is 1. The second kappa shape index (κ2) is 12.0. The maximum atomic E-state index is 13.7. The van der Waals surface area contributed by atoms with Crippen LogP contribution in [-0.2, 0) is 26.9 Å². The predicted octanol–water partition coefficient (Wildman–Crippen LogP) is 5.65. The lowest BCUT2D eigenvalue weighted by atomic mass is 10.0. The van der Waals surface area contributed by atoms with Crippen LogP contribution in [0.4, 0.5) is 10.5 Å². The maximum Gasteiger partial charge on any atom is 0.408 e. The molecule has 0 fully saturated rings. The number of halogens is 1. The molecule has 0 aromatic heterocycles. The van der Waals surface area contributed by atoms with E-state index in [1.54, 1.807) is 63.2 Å². The molecule has 2 amide bonds. The Labute approximate surface area is 220 Å². The third-order valence-corrected chi connectivity index (χ3v) is 7.38. The second-order valence-electron chi connectivity index (χ2n) is 9.82. The molecule has 194 valence electrons. The van der Waals surface area contributed by atoms with Gasteiger partial charge in [-0.15, -0.1) is 0 Å². The molecule has 2 aromatic carbocycles. The number of nitrogens with zero attached hydrogens (tertiary/aromatic N) is 1. The molecule has 2 atom stereocenters. The number of hydrogen-bond donors (Lipinski definition) is 1. The summed E-state index contributed by atoms with van der Waals surface area (Å²) < 4.78 is 18.6. The fraction of sp³-hybridized carbons (Fsp3) is 0.444. The van der Waals surface area contributed by atoms with Crippen molar-refractivity contribution in [2.24, 2.45) is 0 Å². The number of ether oxygens (including phenoxy) is 1. The quantitative estimate of drug-likeness (QED) is 0.350.